The molecule has 0 unspecified atom stereocenters. The summed E-state index contributed by atoms with van der Waals surface area (Å²) in [5.41, 5.74) is 1.27. The number of carbonyl (C=O) groups is 2. The van der Waals surface area contributed by atoms with Gasteiger partial charge >= 0.3 is 0 Å². The molecule has 21 heavy (non-hydrogen) atoms. The van der Waals surface area contributed by atoms with Crippen molar-refractivity contribution in [1.29, 1.82) is 0 Å². The molecule has 2 rings (SSSR count). The third-order valence-corrected chi connectivity index (χ3v) is 2.93. The highest BCUT2D eigenvalue weighted by atomic mass is 35.5. The second-order valence-electron chi connectivity index (χ2n) is 4.78. The minimum absolute atomic E-state index is 0.0583. The molecule has 0 radical (unpaired) electrons. The van der Waals surface area contributed by atoms with Crippen LogP contribution in [0.3, 0.4) is 0 Å². The summed E-state index contributed by atoms with van der Waals surface area (Å²) in [6.45, 7) is 3.64. The van der Waals surface area contributed by atoms with Crippen LogP contribution >= 0.6 is 11.6 Å². The Bertz CT molecular complexity index is 647. The van der Waals surface area contributed by atoms with Crippen molar-refractivity contribution >= 4 is 34.8 Å². The van der Waals surface area contributed by atoms with Crippen LogP contribution in [0.2, 0.25) is 5.22 Å². The number of carbonyl (C=O) groups excluding carboxylic acids is 2. The van der Waals surface area contributed by atoms with E-state index in [9.17, 15) is 9.59 Å². The fourth-order valence-electron chi connectivity index (χ4n) is 1.55. The van der Waals surface area contributed by atoms with Crippen molar-refractivity contribution in [3.63, 3.8) is 0 Å². The van der Waals surface area contributed by atoms with Crippen LogP contribution in [0.5, 0.6) is 0 Å². The first kappa shape index (κ1) is 15.1. The monoisotopic (exact) mass is 306 g/mol. The highest BCUT2D eigenvalue weighted by Gasteiger charge is 2.11. The summed E-state index contributed by atoms with van der Waals surface area (Å²) in [6, 6.07) is 9.81. The molecule has 1 heterocycles. The van der Waals surface area contributed by atoms with Gasteiger partial charge in [0, 0.05) is 17.3 Å². The Balaban J connectivity index is 1.99. The van der Waals surface area contributed by atoms with Gasteiger partial charge in [0.15, 0.2) is 11.0 Å². The van der Waals surface area contributed by atoms with E-state index in [-0.39, 0.29) is 28.7 Å². The minimum Gasteiger partial charge on any atom is -0.440 e. The molecule has 2 aromatic rings. The number of amides is 2. The molecule has 0 aliphatic carbocycles. The van der Waals surface area contributed by atoms with Crippen molar-refractivity contribution in [3.8, 4) is 0 Å². The van der Waals surface area contributed by atoms with E-state index < -0.39 is 0 Å². The van der Waals surface area contributed by atoms with Gasteiger partial charge in [-0.2, -0.15) is 0 Å². The number of halogens is 1. The lowest BCUT2D eigenvalue weighted by Crippen LogP contribution is -2.17. The molecule has 0 fully saturated rings. The van der Waals surface area contributed by atoms with Gasteiger partial charge in [-0.3, -0.25) is 9.59 Å². The quantitative estimate of drug-likeness (QED) is 0.903. The molecule has 0 spiro atoms. The van der Waals surface area contributed by atoms with Gasteiger partial charge in [-0.05, 0) is 48.0 Å². The Kier molecular flexibility index (Phi) is 4.65. The Labute approximate surface area is 127 Å². The average Bonchev–Trinajstić information content (AvgIpc) is 2.87. The lowest BCUT2D eigenvalue weighted by molar-refractivity contribution is -0.118. The van der Waals surface area contributed by atoms with Crippen molar-refractivity contribution in [2.24, 2.45) is 5.92 Å². The SMILES string of the molecule is CC(C)C(=O)Nc1ccc(NC(=O)c2ccc(Cl)o2)cc1. The first-order valence-electron chi connectivity index (χ1n) is 6.43. The molecule has 0 saturated carbocycles. The number of benzene rings is 1. The summed E-state index contributed by atoms with van der Waals surface area (Å²) < 4.78 is 5.02. The van der Waals surface area contributed by atoms with E-state index >= 15 is 0 Å². The minimum atomic E-state index is -0.388. The molecule has 110 valence electrons. The lowest BCUT2D eigenvalue weighted by Gasteiger charge is -2.08. The Morgan fingerprint density at radius 2 is 1.57 bits per heavy atom. The van der Waals surface area contributed by atoms with Gasteiger partial charge in [-0.1, -0.05) is 13.8 Å². The van der Waals surface area contributed by atoms with Crippen LogP contribution in [-0.4, -0.2) is 11.8 Å². The van der Waals surface area contributed by atoms with Crippen molar-refractivity contribution in [2.75, 3.05) is 10.6 Å². The van der Waals surface area contributed by atoms with E-state index in [1.165, 1.54) is 12.1 Å². The predicted octanol–water partition coefficient (Wildman–Crippen LogP) is 3.78. The predicted molar refractivity (Wildman–Crippen MR) is 81.6 cm³/mol. The second kappa shape index (κ2) is 6.45. The summed E-state index contributed by atoms with van der Waals surface area (Å²) in [5, 5.41) is 5.60. The number of anilines is 2. The fourth-order valence-corrected chi connectivity index (χ4v) is 1.70. The van der Waals surface area contributed by atoms with Crippen molar-refractivity contribution < 1.29 is 14.0 Å². The summed E-state index contributed by atoms with van der Waals surface area (Å²) in [7, 11) is 0. The molecule has 0 bridgehead atoms. The third kappa shape index (κ3) is 4.10. The summed E-state index contributed by atoms with van der Waals surface area (Å²) in [6.07, 6.45) is 0. The number of hydrogen-bond acceptors (Lipinski definition) is 3. The van der Waals surface area contributed by atoms with Crippen LogP contribution < -0.4 is 10.6 Å². The van der Waals surface area contributed by atoms with Gasteiger partial charge in [0.2, 0.25) is 5.91 Å². The first-order valence-corrected chi connectivity index (χ1v) is 6.81. The van der Waals surface area contributed by atoms with Crippen LogP contribution in [0.25, 0.3) is 0 Å². The Hall–Kier alpha value is -2.27. The summed E-state index contributed by atoms with van der Waals surface area (Å²) in [5.74, 6) is -0.400. The number of rotatable bonds is 4. The van der Waals surface area contributed by atoms with E-state index in [4.69, 9.17) is 16.0 Å². The molecule has 1 aromatic heterocycles. The Morgan fingerprint density at radius 1 is 1.00 bits per heavy atom. The molecule has 0 aliphatic heterocycles. The third-order valence-electron chi connectivity index (χ3n) is 2.73. The van der Waals surface area contributed by atoms with Crippen molar-refractivity contribution in [1.82, 2.24) is 0 Å². The van der Waals surface area contributed by atoms with Crippen LogP contribution in [0.15, 0.2) is 40.8 Å². The van der Waals surface area contributed by atoms with Gasteiger partial charge in [-0.25, -0.2) is 0 Å². The van der Waals surface area contributed by atoms with Crippen molar-refractivity contribution in [3.05, 3.63) is 47.4 Å². The highest BCUT2D eigenvalue weighted by molar-refractivity contribution is 6.29. The van der Waals surface area contributed by atoms with Gasteiger partial charge < -0.3 is 15.1 Å². The molecule has 0 saturated heterocycles. The maximum atomic E-state index is 11.8. The van der Waals surface area contributed by atoms with Crippen LogP contribution in [-0.2, 0) is 4.79 Å². The van der Waals surface area contributed by atoms with Gasteiger partial charge in [-0.15, -0.1) is 0 Å². The Morgan fingerprint density at radius 3 is 2.05 bits per heavy atom. The molecule has 2 amide bonds. The topological polar surface area (TPSA) is 71.3 Å². The van der Waals surface area contributed by atoms with E-state index in [0.29, 0.717) is 11.4 Å². The maximum Gasteiger partial charge on any atom is 0.291 e. The normalized spacial score (nSPS) is 10.5. The number of nitrogens with one attached hydrogen (secondary N) is 2. The first-order chi connectivity index (χ1) is 9.95. The van der Waals surface area contributed by atoms with E-state index in [1.807, 2.05) is 13.8 Å². The molecule has 0 atom stereocenters. The average molecular weight is 307 g/mol. The van der Waals surface area contributed by atoms with E-state index in [0.717, 1.165) is 0 Å². The molecule has 0 aliphatic rings. The smallest absolute Gasteiger partial charge is 0.291 e. The zero-order valence-electron chi connectivity index (χ0n) is 11.6. The zero-order chi connectivity index (χ0) is 15.4. The maximum absolute atomic E-state index is 11.8. The summed E-state index contributed by atoms with van der Waals surface area (Å²) >= 11 is 5.62. The standard InChI is InChI=1S/C15H15ClN2O3/c1-9(2)14(19)17-10-3-5-11(6-4-10)18-15(20)12-7-8-13(16)21-12/h3-9H,1-2H3,(H,17,19)(H,18,20). The van der Waals surface area contributed by atoms with Gasteiger partial charge in [0.25, 0.3) is 5.91 Å². The molecular weight excluding hydrogens is 292 g/mol. The van der Waals surface area contributed by atoms with Crippen LogP contribution in [0.4, 0.5) is 11.4 Å². The molecular formula is C15H15ClN2O3. The van der Waals surface area contributed by atoms with E-state index in [2.05, 4.69) is 10.6 Å². The van der Waals surface area contributed by atoms with Crippen molar-refractivity contribution in [2.45, 2.75) is 13.8 Å². The zero-order valence-corrected chi connectivity index (χ0v) is 12.4. The molecule has 1 aromatic carbocycles. The number of furan rings is 1. The molecule has 6 heteroatoms. The lowest BCUT2D eigenvalue weighted by atomic mass is 10.2. The molecule has 5 nitrogen and oxygen atoms in total. The van der Waals surface area contributed by atoms with Gasteiger partial charge in [0.1, 0.15) is 0 Å². The largest absolute Gasteiger partial charge is 0.440 e. The van der Waals surface area contributed by atoms with E-state index in [1.54, 1.807) is 24.3 Å². The highest BCUT2D eigenvalue weighted by Crippen LogP contribution is 2.17. The fraction of sp³-hybridized carbons (Fsp3) is 0.200. The van der Waals surface area contributed by atoms with Gasteiger partial charge in [0.05, 0.1) is 0 Å². The summed E-state index contributed by atoms with van der Waals surface area (Å²) in [4.78, 5) is 23.4. The molecule has 2 N–H and O–H groups in total. The second-order valence-corrected chi connectivity index (χ2v) is 5.15. The van der Waals surface area contributed by atoms with Crippen LogP contribution in [0, 0.1) is 5.92 Å². The van der Waals surface area contributed by atoms with Crippen LogP contribution in [0.1, 0.15) is 24.4 Å². The number of hydrogen-bond donors (Lipinski definition) is 2.